The van der Waals surface area contributed by atoms with Crippen LogP contribution in [-0.2, 0) is 6.54 Å². The molecule has 0 heterocycles. The smallest absolute Gasteiger partial charge is 0.0400 e. The molecule has 0 saturated heterocycles. The van der Waals surface area contributed by atoms with Gasteiger partial charge >= 0.3 is 0 Å². The number of aryl methyl sites for hydroxylation is 1. The summed E-state index contributed by atoms with van der Waals surface area (Å²) in [5.74, 6) is 0.826. The normalized spacial score (nSPS) is 22.2. The minimum absolute atomic E-state index is 0.388. The Morgan fingerprint density at radius 3 is 2.63 bits per heavy atom. The minimum atomic E-state index is 0.388. The highest BCUT2D eigenvalue weighted by molar-refractivity contribution is 6.29. The Kier molecular flexibility index (Phi) is 4.71. The van der Waals surface area contributed by atoms with Crippen molar-refractivity contribution in [3.05, 3.63) is 59.3 Å². The molecule has 1 aliphatic rings. The van der Waals surface area contributed by atoms with Crippen LogP contribution in [0.25, 0.3) is 0 Å². The second kappa shape index (κ2) is 6.29. The van der Waals surface area contributed by atoms with Crippen LogP contribution in [0.3, 0.4) is 0 Å². The Balaban J connectivity index is 1.95. The molecule has 1 aliphatic carbocycles. The molecule has 0 radical (unpaired) electrons. The van der Waals surface area contributed by atoms with Crippen LogP contribution in [0, 0.1) is 18.8 Å². The molecule has 0 aliphatic heterocycles. The first-order valence-corrected chi connectivity index (χ1v) is 7.29. The summed E-state index contributed by atoms with van der Waals surface area (Å²) in [6, 6.07) is 8.44. The predicted octanol–water partition coefficient (Wildman–Crippen LogP) is 4.77. The van der Waals surface area contributed by atoms with Crippen LogP contribution in [0.4, 0.5) is 0 Å². The number of rotatable bonds is 5. The van der Waals surface area contributed by atoms with Crippen molar-refractivity contribution < 1.29 is 0 Å². The third kappa shape index (κ3) is 3.42. The van der Waals surface area contributed by atoms with Crippen LogP contribution in [0.5, 0.6) is 0 Å². The van der Waals surface area contributed by atoms with Crippen molar-refractivity contribution in [3.63, 3.8) is 0 Å². The van der Waals surface area contributed by atoms with Gasteiger partial charge in [-0.15, -0.1) is 0 Å². The van der Waals surface area contributed by atoms with Crippen molar-refractivity contribution in [3.8, 4) is 0 Å². The van der Waals surface area contributed by atoms with E-state index in [-0.39, 0.29) is 0 Å². The Morgan fingerprint density at radius 1 is 1.26 bits per heavy atom. The molecule has 1 N–H and O–H groups in total. The van der Waals surface area contributed by atoms with Crippen LogP contribution < -0.4 is 5.32 Å². The van der Waals surface area contributed by atoms with Gasteiger partial charge in [0.2, 0.25) is 0 Å². The van der Waals surface area contributed by atoms with Gasteiger partial charge in [0.15, 0.2) is 0 Å². The summed E-state index contributed by atoms with van der Waals surface area (Å²) in [4.78, 5) is 0. The summed E-state index contributed by atoms with van der Waals surface area (Å²) in [6.07, 6.45) is 3.51. The number of hydrogen-bond donors (Lipinski definition) is 1. The standard InChI is InChI=1S/C17H22ClN/c1-12-7-4-5-8-15(12)11-19-14(3)17-10-6-9-16(17)13(2)18/h4-5,7-8,16-17,19H,2-3,6,9-11H2,1H3. The Labute approximate surface area is 121 Å². The van der Waals surface area contributed by atoms with Crippen molar-refractivity contribution in [1.82, 2.24) is 5.32 Å². The first-order valence-electron chi connectivity index (χ1n) is 6.91. The van der Waals surface area contributed by atoms with Gasteiger partial charge in [-0.1, -0.05) is 55.4 Å². The van der Waals surface area contributed by atoms with Crippen LogP contribution in [-0.4, -0.2) is 0 Å². The molecular formula is C17H22ClN. The zero-order valence-corrected chi connectivity index (χ0v) is 12.3. The molecule has 1 aromatic rings. The van der Waals surface area contributed by atoms with Crippen molar-refractivity contribution >= 4 is 11.6 Å². The molecule has 19 heavy (non-hydrogen) atoms. The van der Waals surface area contributed by atoms with Crippen molar-refractivity contribution in [2.75, 3.05) is 0 Å². The number of benzene rings is 1. The van der Waals surface area contributed by atoms with Crippen molar-refractivity contribution in [2.24, 2.45) is 11.8 Å². The predicted molar refractivity (Wildman–Crippen MR) is 83.0 cm³/mol. The lowest BCUT2D eigenvalue weighted by molar-refractivity contribution is 0.487. The SMILES string of the molecule is C=C(Cl)C1CCCC1C(=C)NCc1ccccc1C. The van der Waals surface area contributed by atoms with E-state index in [0.29, 0.717) is 11.8 Å². The zero-order valence-electron chi connectivity index (χ0n) is 11.6. The molecule has 102 valence electrons. The molecule has 2 atom stereocenters. The van der Waals surface area contributed by atoms with Crippen LogP contribution in [0.15, 0.2) is 48.2 Å². The number of hydrogen-bond acceptors (Lipinski definition) is 1. The first kappa shape index (κ1) is 14.2. The second-order valence-electron chi connectivity index (χ2n) is 5.40. The summed E-state index contributed by atoms with van der Waals surface area (Å²) in [5.41, 5.74) is 3.74. The summed E-state index contributed by atoms with van der Waals surface area (Å²) < 4.78 is 0. The maximum Gasteiger partial charge on any atom is 0.0400 e. The van der Waals surface area contributed by atoms with E-state index in [9.17, 15) is 0 Å². The number of allylic oxidation sites excluding steroid dienone is 2. The van der Waals surface area contributed by atoms with E-state index in [0.717, 1.165) is 30.1 Å². The molecule has 0 spiro atoms. The van der Waals surface area contributed by atoms with E-state index in [1.807, 2.05) is 0 Å². The van der Waals surface area contributed by atoms with Gasteiger partial charge in [-0.25, -0.2) is 0 Å². The van der Waals surface area contributed by atoms with Crippen molar-refractivity contribution in [2.45, 2.75) is 32.7 Å². The molecule has 0 amide bonds. The lowest BCUT2D eigenvalue weighted by atomic mass is 9.93. The summed E-state index contributed by atoms with van der Waals surface area (Å²) >= 11 is 6.10. The van der Waals surface area contributed by atoms with Gasteiger partial charge in [-0.2, -0.15) is 0 Å². The molecule has 1 nitrogen and oxygen atoms in total. The van der Waals surface area contributed by atoms with Crippen LogP contribution in [0.1, 0.15) is 30.4 Å². The first-order chi connectivity index (χ1) is 9.09. The van der Waals surface area contributed by atoms with E-state index in [4.69, 9.17) is 11.6 Å². The molecule has 2 unspecified atom stereocenters. The van der Waals surface area contributed by atoms with Gasteiger partial charge in [0.1, 0.15) is 0 Å². The number of halogens is 1. The van der Waals surface area contributed by atoms with Gasteiger partial charge in [0, 0.05) is 29.1 Å². The fraction of sp³-hybridized carbons (Fsp3) is 0.412. The second-order valence-corrected chi connectivity index (χ2v) is 5.88. The number of nitrogens with one attached hydrogen (secondary N) is 1. The third-order valence-electron chi connectivity index (χ3n) is 4.13. The van der Waals surface area contributed by atoms with Gasteiger partial charge in [0.25, 0.3) is 0 Å². The summed E-state index contributed by atoms with van der Waals surface area (Å²) in [5, 5.41) is 4.25. The molecule has 0 aromatic heterocycles. The fourth-order valence-corrected chi connectivity index (χ4v) is 3.16. The van der Waals surface area contributed by atoms with E-state index >= 15 is 0 Å². The molecule has 1 aromatic carbocycles. The molecule has 2 rings (SSSR count). The van der Waals surface area contributed by atoms with Gasteiger partial charge in [0.05, 0.1) is 0 Å². The van der Waals surface area contributed by atoms with E-state index in [2.05, 4.69) is 49.7 Å². The lowest BCUT2D eigenvalue weighted by Gasteiger charge is -2.22. The summed E-state index contributed by atoms with van der Waals surface area (Å²) in [6.45, 7) is 11.1. The van der Waals surface area contributed by atoms with E-state index in [1.165, 1.54) is 17.5 Å². The van der Waals surface area contributed by atoms with E-state index < -0.39 is 0 Å². The fourth-order valence-electron chi connectivity index (χ4n) is 2.90. The average molecular weight is 276 g/mol. The Bertz CT molecular complexity index is 478. The van der Waals surface area contributed by atoms with Crippen LogP contribution in [0.2, 0.25) is 0 Å². The monoisotopic (exact) mass is 275 g/mol. The molecule has 2 heteroatoms. The largest absolute Gasteiger partial charge is 0.384 e. The molecule has 0 bridgehead atoms. The van der Waals surface area contributed by atoms with Gasteiger partial charge in [-0.3, -0.25) is 0 Å². The van der Waals surface area contributed by atoms with Gasteiger partial charge in [-0.05, 0) is 30.9 Å². The maximum atomic E-state index is 6.10. The average Bonchev–Trinajstić information content (AvgIpc) is 2.87. The zero-order chi connectivity index (χ0) is 13.8. The Morgan fingerprint density at radius 2 is 1.95 bits per heavy atom. The lowest BCUT2D eigenvalue weighted by Crippen LogP contribution is -2.22. The molecular weight excluding hydrogens is 254 g/mol. The van der Waals surface area contributed by atoms with E-state index in [1.54, 1.807) is 0 Å². The third-order valence-corrected chi connectivity index (χ3v) is 4.41. The highest BCUT2D eigenvalue weighted by Crippen LogP contribution is 2.40. The summed E-state index contributed by atoms with van der Waals surface area (Å²) in [7, 11) is 0. The minimum Gasteiger partial charge on any atom is -0.384 e. The highest BCUT2D eigenvalue weighted by Gasteiger charge is 2.30. The maximum absolute atomic E-state index is 6.10. The Hall–Kier alpha value is -1.21. The quantitative estimate of drug-likeness (QED) is 0.816. The molecule has 1 saturated carbocycles. The van der Waals surface area contributed by atoms with Crippen LogP contribution >= 0.6 is 11.6 Å². The van der Waals surface area contributed by atoms with Crippen molar-refractivity contribution in [1.29, 1.82) is 0 Å². The van der Waals surface area contributed by atoms with Gasteiger partial charge < -0.3 is 5.32 Å². The highest BCUT2D eigenvalue weighted by atomic mass is 35.5. The molecule has 1 fully saturated rings. The topological polar surface area (TPSA) is 12.0 Å².